The van der Waals surface area contributed by atoms with Crippen LogP contribution in [0.2, 0.25) is 0 Å². The van der Waals surface area contributed by atoms with Gasteiger partial charge in [0.1, 0.15) is 11.4 Å². The number of esters is 2. The molecule has 19 heavy (non-hydrogen) atoms. The molecule has 0 saturated carbocycles. The Bertz CT molecular complexity index is 452. The summed E-state index contributed by atoms with van der Waals surface area (Å²) in [5.41, 5.74) is -0.539. The van der Waals surface area contributed by atoms with Gasteiger partial charge in [0.15, 0.2) is 0 Å². The molecule has 0 atom stereocenters. The Balaban J connectivity index is 2.46. The lowest BCUT2D eigenvalue weighted by molar-refractivity contribution is -0.151. The lowest BCUT2D eigenvalue weighted by atomic mass is 10.2. The highest BCUT2D eigenvalue weighted by atomic mass is 32.2. The van der Waals surface area contributed by atoms with E-state index in [1.54, 1.807) is 27.7 Å². The maximum absolute atomic E-state index is 11.5. The van der Waals surface area contributed by atoms with E-state index >= 15 is 0 Å². The summed E-state index contributed by atoms with van der Waals surface area (Å²) in [6.45, 7) is 7.23. The number of ether oxygens (including phenoxy) is 2. The molecule has 0 spiro atoms. The minimum atomic E-state index is -0.681. The number of thioether (sulfide) groups is 1. The quantitative estimate of drug-likeness (QED) is 0.597. The summed E-state index contributed by atoms with van der Waals surface area (Å²) in [6, 6.07) is 0. The third kappa shape index (κ3) is 5.73. The van der Waals surface area contributed by atoms with Gasteiger partial charge in [-0.3, -0.25) is 4.79 Å². The minimum Gasteiger partial charge on any atom is -0.459 e. The fourth-order valence-corrected chi connectivity index (χ4v) is 1.57. The summed E-state index contributed by atoms with van der Waals surface area (Å²) in [6.07, 6.45) is 0. The Morgan fingerprint density at radius 2 is 2.00 bits per heavy atom. The standard InChI is InChI=1S/C11H16N2O5S/c1-5-16-9(15)8-12-13-10(17-8)19-6-7(14)18-11(2,3)4/h5-6H2,1-4H3. The molecule has 0 unspecified atom stereocenters. The Morgan fingerprint density at radius 3 is 2.58 bits per heavy atom. The molecule has 7 nitrogen and oxygen atoms in total. The number of rotatable bonds is 5. The first-order chi connectivity index (χ1) is 8.81. The van der Waals surface area contributed by atoms with Crippen LogP contribution in [0, 0.1) is 0 Å². The lowest BCUT2D eigenvalue weighted by Crippen LogP contribution is -2.24. The molecule has 0 aliphatic carbocycles. The predicted molar refractivity (Wildman–Crippen MR) is 66.8 cm³/mol. The van der Waals surface area contributed by atoms with E-state index in [-0.39, 0.29) is 23.5 Å². The van der Waals surface area contributed by atoms with Crippen molar-refractivity contribution in [2.75, 3.05) is 12.4 Å². The molecule has 0 fully saturated rings. The van der Waals surface area contributed by atoms with Gasteiger partial charge in [0.25, 0.3) is 5.22 Å². The van der Waals surface area contributed by atoms with Gasteiger partial charge < -0.3 is 13.9 Å². The number of nitrogens with zero attached hydrogens (tertiary/aromatic N) is 2. The molecule has 0 saturated heterocycles. The Hall–Kier alpha value is -1.57. The van der Waals surface area contributed by atoms with Crippen LogP contribution >= 0.6 is 11.8 Å². The number of hydrogen-bond donors (Lipinski definition) is 0. The van der Waals surface area contributed by atoms with Gasteiger partial charge in [-0.05, 0) is 27.7 Å². The van der Waals surface area contributed by atoms with Gasteiger partial charge >= 0.3 is 17.8 Å². The highest BCUT2D eigenvalue weighted by Gasteiger charge is 2.19. The molecular weight excluding hydrogens is 272 g/mol. The van der Waals surface area contributed by atoms with Crippen LogP contribution in [-0.4, -0.2) is 40.1 Å². The monoisotopic (exact) mass is 288 g/mol. The fraction of sp³-hybridized carbons (Fsp3) is 0.636. The zero-order valence-electron chi connectivity index (χ0n) is 11.3. The van der Waals surface area contributed by atoms with Gasteiger partial charge in [0.2, 0.25) is 0 Å². The fourth-order valence-electron chi connectivity index (χ4n) is 1.04. The van der Waals surface area contributed by atoms with Gasteiger partial charge in [-0.2, -0.15) is 0 Å². The third-order valence-electron chi connectivity index (χ3n) is 1.59. The van der Waals surface area contributed by atoms with E-state index in [4.69, 9.17) is 13.9 Å². The van der Waals surface area contributed by atoms with Crippen LogP contribution in [0.5, 0.6) is 0 Å². The van der Waals surface area contributed by atoms with Gasteiger partial charge in [-0.15, -0.1) is 5.10 Å². The SMILES string of the molecule is CCOC(=O)c1nnc(SCC(=O)OC(C)(C)C)o1. The topological polar surface area (TPSA) is 91.5 Å². The van der Waals surface area contributed by atoms with E-state index in [2.05, 4.69) is 10.2 Å². The van der Waals surface area contributed by atoms with Crippen LogP contribution in [-0.2, 0) is 14.3 Å². The van der Waals surface area contributed by atoms with Crippen LogP contribution < -0.4 is 0 Å². The number of aromatic nitrogens is 2. The molecular formula is C11H16N2O5S. The van der Waals surface area contributed by atoms with E-state index < -0.39 is 17.5 Å². The first kappa shape index (κ1) is 15.5. The molecule has 0 amide bonds. The van der Waals surface area contributed by atoms with Crippen molar-refractivity contribution in [3.63, 3.8) is 0 Å². The second kappa shape index (κ2) is 6.55. The van der Waals surface area contributed by atoms with Crippen molar-refractivity contribution >= 4 is 23.7 Å². The van der Waals surface area contributed by atoms with Crippen molar-refractivity contribution in [2.24, 2.45) is 0 Å². The maximum Gasteiger partial charge on any atom is 0.396 e. The second-order valence-corrected chi connectivity index (χ2v) is 5.40. The van der Waals surface area contributed by atoms with Crippen LogP contribution in [0.4, 0.5) is 0 Å². The second-order valence-electron chi connectivity index (χ2n) is 4.47. The summed E-state index contributed by atoms with van der Waals surface area (Å²) in [5, 5.41) is 7.27. The molecule has 0 aromatic carbocycles. The number of carbonyl (C=O) groups is 2. The van der Waals surface area contributed by atoms with E-state index in [1.165, 1.54) is 0 Å². The predicted octanol–water partition coefficient (Wildman–Crippen LogP) is 1.68. The van der Waals surface area contributed by atoms with Crippen molar-refractivity contribution in [1.29, 1.82) is 0 Å². The summed E-state index contributed by atoms with van der Waals surface area (Å²) in [7, 11) is 0. The first-order valence-electron chi connectivity index (χ1n) is 5.67. The van der Waals surface area contributed by atoms with Crippen molar-refractivity contribution in [3.8, 4) is 0 Å². The van der Waals surface area contributed by atoms with E-state index in [0.29, 0.717) is 0 Å². The molecule has 1 rings (SSSR count). The van der Waals surface area contributed by atoms with Crippen LogP contribution in [0.3, 0.4) is 0 Å². The molecule has 0 bridgehead atoms. The van der Waals surface area contributed by atoms with Crippen LogP contribution in [0.15, 0.2) is 9.64 Å². The first-order valence-corrected chi connectivity index (χ1v) is 6.65. The summed E-state index contributed by atoms with van der Waals surface area (Å²) >= 11 is 1.00. The highest BCUT2D eigenvalue weighted by molar-refractivity contribution is 7.99. The Labute approximate surface area is 115 Å². The number of hydrogen-bond acceptors (Lipinski definition) is 8. The molecule has 0 N–H and O–H groups in total. The molecule has 0 radical (unpaired) electrons. The van der Waals surface area contributed by atoms with Crippen molar-refractivity contribution in [1.82, 2.24) is 10.2 Å². The molecule has 106 valence electrons. The zero-order valence-corrected chi connectivity index (χ0v) is 12.1. The van der Waals surface area contributed by atoms with Gasteiger partial charge in [0.05, 0.1) is 6.61 Å². The molecule has 1 aromatic heterocycles. The normalized spacial score (nSPS) is 11.2. The average Bonchev–Trinajstić information content (AvgIpc) is 2.73. The lowest BCUT2D eigenvalue weighted by Gasteiger charge is -2.18. The van der Waals surface area contributed by atoms with E-state index in [9.17, 15) is 9.59 Å². The Kier molecular flexibility index (Phi) is 5.34. The third-order valence-corrected chi connectivity index (χ3v) is 2.38. The largest absolute Gasteiger partial charge is 0.459 e. The van der Waals surface area contributed by atoms with Gasteiger partial charge in [-0.1, -0.05) is 16.9 Å². The van der Waals surface area contributed by atoms with Crippen molar-refractivity contribution in [2.45, 2.75) is 38.5 Å². The highest BCUT2D eigenvalue weighted by Crippen LogP contribution is 2.18. The Morgan fingerprint density at radius 1 is 1.32 bits per heavy atom. The summed E-state index contributed by atoms with van der Waals surface area (Å²) in [5.74, 6) is -1.28. The summed E-state index contributed by atoms with van der Waals surface area (Å²) in [4.78, 5) is 22.7. The maximum atomic E-state index is 11.5. The van der Waals surface area contributed by atoms with Gasteiger partial charge in [0, 0.05) is 0 Å². The molecule has 1 heterocycles. The van der Waals surface area contributed by atoms with Crippen molar-refractivity contribution in [3.05, 3.63) is 5.89 Å². The van der Waals surface area contributed by atoms with Crippen molar-refractivity contribution < 1.29 is 23.5 Å². The van der Waals surface area contributed by atoms with E-state index in [1.807, 2.05) is 0 Å². The van der Waals surface area contributed by atoms with Crippen LogP contribution in [0.1, 0.15) is 38.4 Å². The van der Waals surface area contributed by atoms with Crippen LogP contribution in [0.25, 0.3) is 0 Å². The smallest absolute Gasteiger partial charge is 0.396 e. The molecule has 8 heteroatoms. The molecule has 0 aliphatic rings. The molecule has 0 aliphatic heterocycles. The zero-order chi connectivity index (χ0) is 14.5. The minimum absolute atomic E-state index is 0.0295. The van der Waals surface area contributed by atoms with Gasteiger partial charge in [-0.25, -0.2) is 4.79 Å². The summed E-state index contributed by atoms with van der Waals surface area (Å²) < 4.78 is 14.8. The molecule has 1 aromatic rings. The number of carbonyl (C=O) groups excluding carboxylic acids is 2. The van der Waals surface area contributed by atoms with E-state index in [0.717, 1.165) is 11.8 Å². The average molecular weight is 288 g/mol.